The van der Waals surface area contributed by atoms with Crippen molar-refractivity contribution in [2.75, 3.05) is 12.4 Å². The smallest absolute Gasteiger partial charge is 0.259 e. The third kappa shape index (κ3) is 3.33. The van der Waals surface area contributed by atoms with Gasteiger partial charge >= 0.3 is 0 Å². The highest BCUT2D eigenvalue weighted by molar-refractivity contribution is 5.94. The number of aromatic nitrogens is 3. The Bertz CT molecular complexity index is 816. The van der Waals surface area contributed by atoms with Crippen LogP contribution in [-0.2, 0) is 9.53 Å². The number of hydrogen-bond acceptors (Lipinski definition) is 4. The number of rotatable bonds is 5. The molecule has 2 heterocycles. The van der Waals surface area contributed by atoms with Crippen LogP contribution in [0.2, 0.25) is 0 Å². The molecule has 3 aromatic rings. The monoisotopic (exact) mass is 322 g/mol. The second kappa shape index (κ2) is 7.06. The van der Waals surface area contributed by atoms with Crippen LogP contribution in [0.4, 0.5) is 5.82 Å². The largest absolute Gasteiger partial charge is 0.367 e. The first-order chi connectivity index (χ1) is 11.7. The molecule has 2 aromatic heterocycles. The molecule has 1 N–H and O–H groups in total. The zero-order valence-corrected chi connectivity index (χ0v) is 13.5. The lowest BCUT2D eigenvalue weighted by Gasteiger charge is -2.16. The van der Waals surface area contributed by atoms with E-state index in [1.54, 1.807) is 16.9 Å². The Balaban J connectivity index is 1.87. The van der Waals surface area contributed by atoms with Gasteiger partial charge in [0.15, 0.2) is 11.9 Å². The van der Waals surface area contributed by atoms with Gasteiger partial charge in [-0.1, -0.05) is 36.4 Å². The molecular weight excluding hydrogens is 304 g/mol. The zero-order chi connectivity index (χ0) is 16.9. The number of methoxy groups -OCH3 is 1. The summed E-state index contributed by atoms with van der Waals surface area (Å²) in [6.07, 6.45) is 0.985. The molecule has 0 saturated carbocycles. The topological polar surface area (TPSA) is 69.0 Å². The number of pyridine rings is 1. The molecule has 24 heavy (non-hydrogen) atoms. The second-order valence-electron chi connectivity index (χ2n) is 5.29. The summed E-state index contributed by atoms with van der Waals surface area (Å²) in [5.41, 5.74) is 1.57. The van der Waals surface area contributed by atoms with Crippen LogP contribution in [0.1, 0.15) is 17.4 Å². The molecule has 0 radical (unpaired) electrons. The van der Waals surface area contributed by atoms with Crippen LogP contribution in [0.3, 0.4) is 0 Å². The SMILES string of the molecule is CO[C@@H](C(=O)Nc1cc(C)nn1-c1ccccn1)c1ccccc1. The molecule has 0 spiro atoms. The van der Waals surface area contributed by atoms with Crippen LogP contribution in [-0.4, -0.2) is 27.8 Å². The van der Waals surface area contributed by atoms with Crippen LogP contribution in [0.15, 0.2) is 60.8 Å². The summed E-state index contributed by atoms with van der Waals surface area (Å²) in [6, 6.07) is 16.7. The zero-order valence-electron chi connectivity index (χ0n) is 13.5. The van der Waals surface area contributed by atoms with Crippen molar-refractivity contribution in [1.29, 1.82) is 0 Å². The predicted molar refractivity (Wildman–Crippen MR) is 90.9 cm³/mol. The molecule has 0 fully saturated rings. The number of hydrogen-bond donors (Lipinski definition) is 1. The van der Waals surface area contributed by atoms with Crippen molar-refractivity contribution in [3.8, 4) is 5.82 Å². The first-order valence-corrected chi connectivity index (χ1v) is 7.55. The van der Waals surface area contributed by atoms with Gasteiger partial charge in [0, 0.05) is 19.4 Å². The van der Waals surface area contributed by atoms with E-state index >= 15 is 0 Å². The van der Waals surface area contributed by atoms with Gasteiger partial charge in [-0.3, -0.25) is 4.79 Å². The van der Waals surface area contributed by atoms with Gasteiger partial charge < -0.3 is 10.1 Å². The fraction of sp³-hybridized carbons (Fsp3) is 0.167. The molecular formula is C18H18N4O2. The number of carbonyl (C=O) groups is 1. The Labute approximate surface area is 140 Å². The van der Waals surface area contributed by atoms with E-state index in [0.29, 0.717) is 11.6 Å². The number of amides is 1. The van der Waals surface area contributed by atoms with Gasteiger partial charge in [0.05, 0.1) is 5.69 Å². The van der Waals surface area contributed by atoms with E-state index in [2.05, 4.69) is 15.4 Å². The van der Waals surface area contributed by atoms with Gasteiger partial charge in [-0.25, -0.2) is 4.98 Å². The summed E-state index contributed by atoms with van der Waals surface area (Å²) in [5, 5.41) is 7.27. The number of aryl methyl sites for hydroxylation is 1. The number of anilines is 1. The van der Waals surface area contributed by atoms with Gasteiger partial charge in [-0.05, 0) is 24.6 Å². The fourth-order valence-electron chi connectivity index (χ4n) is 2.46. The highest BCUT2D eigenvalue weighted by atomic mass is 16.5. The van der Waals surface area contributed by atoms with Crippen molar-refractivity contribution in [2.45, 2.75) is 13.0 Å². The Hall–Kier alpha value is -2.99. The van der Waals surface area contributed by atoms with E-state index in [-0.39, 0.29) is 5.91 Å². The lowest BCUT2D eigenvalue weighted by atomic mass is 10.1. The maximum atomic E-state index is 12.6. The van der Waals surface area contributed by atoms with Crippen molar-refractivity contribution < 1.29 is 9.53 Å². The van der Waals surface area contributed by atoms with Gasteiger partial charge in [0.25, 0.3) is 5.91 Å². The van der Waals surface area contributed by atoms with Gasteiger partial charge in [0.1, 0.15) is 5.82 Å². The molecule has 1 aromatic carbocycles. The van der Waals surface area contributed by atoms with Gasteiger partial charge in [-0.2, -0.15) is 9.78 Å². The quantitative estimate of drug-likeness (QED) is 0.784. The summed E-state index contributed by atoms with van der Waals surface area (Å²) < 4.78 is 6.97. The molecule has 6 nitrogen and oxygen atoms in total. The Morgan fingerprint density at radius 2 is 1.92 bits per heavy atom. The van der Waals surface area contributed by atoms with Crippen LogP contribution in [0.5, 0.6) is 0 Å². The highest BCUT2D eigenvalue weighted by Gasteiger charge is 2.22. The standard InChI is InChI=1S/C18H18N4O2/c1-13-12-16(22(21-13)15-10-6-7-11-19-15)20-18(23)17(24-2)14-8-4-3-5-9-14/h3-12,17H,1-2H3,(H,20,23)/t17-/m1/s1. The fourth-order valence-corrected chi connectivity index (χ4v) is 2.46. The molecule has 1 atom stereocenters. The normalized spacial score (nSPS) is 11.9. The minimum Gasteiger partial charge on any atom is -0.367 e. The molecule has 0 aliphatic rings. The summed E-state index contributed by atoms with van der Waals surface area (Å²) in [5.74, 6) is 0.921. The second-order valence-corrected chi connectivity index (χ2v) is 5.29. The lowest BCUT2D eigenvalue weighted by molar-refractivity contribution is -0.126. The van der Waals surface area contributed by atoms with Crippen LogP contribution in [0, 0.1) is 6.92 Å². The molecule has 0 aliphatic carbocycles. The van der Waals surface area contributed by atoms with Crippen LogP contribution < -0.4 is 5.32 Å². The van der Waals surface area contributed by atoms with Crippen LogP contribution >= 0.6 is 0 Å². The minimum atomic E-state index is -0.696. The minimum absolute atomic E-state index is 0.263. The Kier molecular flexibility index (Phi) is 4.67. The molecule has 1 amide bonds. The average molecular weight is 322 g/mol. The van der Waals surface area contributed by atoms with Crippen molar-refractivity contribution in [3.63, 3.8) is 0 Å². The molecule has 6 heteroatoms. The van der Waals surface area contributed by atoms with E-state index in [0.717, 1.165) is 11.3 Å². The van der Waals surface area contributed by atoms with Crippen molar-refractivity contribution in [1.82, 2.24) is 14.8 Å². The van der Waals surface area contributed by atoms with Crippen molar-refractivity contribution in [3.05, 3.63) is 72.1 Å². The number of nitrogens with zero attached hydrogens (tertiary/aromatic N) is 3. The number of ether oxygens (including phenoxy) is 1. The molecule has 0 unspecified atom stereocenters. The van der Waals surface area contributed by atoms with Crippen molar-refractivity contribution >= 4 is 11.7 Å². The summed E-state index contributed by atoms with van der Waals surface area (Å²) >= 11 is 0. The third-order valence-corrected chi connectivity index (χ3v) is 3.53. The molecule has 122 valence electrons. The first kappa shape index (κ1) is 15.9. The summed E-state index contributed by atoms with van der Waals surface area (Å²) in [4.78, 5) is 16.9. The summed E-state index contributed by atoms with van der Waals surface area (Å²) in [7, 11) is 1.51. The molecule has 0 aliphatic heterocycles. The number of benzene rings is 1. The predicted octanol–water partition coefficient (Wildman–Crippen LogP) is 2.90. The number of carbonyl (C=O) groups excluding carboxylic acids is 1. The van der Waals surface area contributed by atoms with E-state index in [4.69, 9.17) is 4.74 Å². The van der Waals surface area contributed by atoms with Crippen LogP contribution in [0.25, 0.3) is 5.82 Å². The third-order valence-electron chi connectivity index (χ3n) is 3.53. The maximum Gasteiger partial charge on any atom is 0.259 e. The lowest BCUT2D eigenvalue weighted by Crippen LogP contribution is -2.24. The first-order valence-electron chi connectivity index (χ1n) is 7.55. The van der Waals surface area contributed by atoms with E-state index in [1.165, 1.54) is 7.11 Å². The maximum absolute atomic E-state index is 12.6. The molecule has 0 saturated heterocycles. The highest BCUT2D eigenvalue weighted by Crippen LogP contribution is 2.21. The summed E-state index contributed by atoms with van der Waals surface area (Å²) in [6.45, 7) is 1.86. The van der Waals surface area contributed by atoms with Gasteiger partial charge in [-0.15, -0.1) is 0 Å². The van der Waals surface area contributed by atoms with E-state index < -0.39 is 6.10 Å². The number of nitrogens with one attached hydrogen (secondary N) is 1. The molecule has 3 rings (SSSR count). The van der Waals surface area contributed by atoms with E-state index in [1.807, 2.05) is 55.5 Å². The Morgan fingerprint density at radius 1 is 1.17 bits per heavy atom. The average Bonchev–Trinajstić information content (AvgIpc) is 2.97. The van der Waals surface area contributed by atoms with Crippen molar-refractivity contribution in [2.24, 2.45) is 0 Å². The van der Waals surface area contributed by atoms with E-state index in [9.17, 15) is 4.79 Å². The van der Waals surface area contributed by atoms with Gasteiger partial charge in [0.2, 0.25) is 0 Å². The molecule has 0 bridgehead atoms. The Morgan fingerprint density at radius 3 is 2.58 bits per heavy atom.